The normalized spacial score (nSPS) is 16.7. The van der Waals surface area contributed by atoms with E-state index in [1.165, 1.54) is 0 Å². The number of aromatic nitrogens is 3. The number of rotatable bonds is 6. The third kappa shape index (κ3) is 5.59. The Balaban J connectivity index is 1.68. The number of benzene rings is 1. The maximum absolute atomic E-state index is 13.2. The third-order valence-corrected chi connectivity index (χ3v) is 6.44. The summed E-state index contributed by atoms with van der Waals surface area (Å²) < 4.78 is 2.13. The predicted octanol–water partition coefficient (Wildman–Crippen LogP) is 3.97. The highest BCUT2D eigenvalue weighted by Crippen LogP contribution is 2.32. The van der Waals surface area contributed by atoms with E-state index in [-0.39, 0.29) is 17.9 Å². The van der Waals surface area contributed by atoms with Gasteiger partial charge in [-0.15, -0.1) is 0 Å². The molecule has 1 atom stereocenters. The fourth-order valence-electron chi connectivity index (χ4n) is 4.66. The molecule has 4 rings (SSSR count). The van der Waals surface area contributed by atoms with E-state index >= 15 is 0 Å². The van der Waals surface area contributed by atoms with Gasteiger partial charge in [0.25, 0.3) is 5.91 Å². The van der Waals surface area contributed by atoms with E-state index in [4.69, 9.17) is 4.98 Å². The van der Waals surface area contributed by atoms with Gasteiger partial charge in [-0.05, 0) is 71.0 Å². The van der Waals surface area contributed by atoms with Gasteiger partial charge in [0.2, 0.25) is 11.9 Å². The van der Waals surface area contributed by atoms with Gasteiger partial charge in [0, 0.05) is 37.6 Å². The molecule has 1 fully saturated rings. The van der Waals surface area contributed by atoms with Crippen molar-refractivity contribution in [2.75, 3.05) is 39.0 Å². The largest absolute Gasteiger partial charge is 0.337 e. The smallest absolute Gasteiger partial charge is 0.259 e. The van der Waals surface area contributed by atoms with Crippen LogP contribution in [0.2, 0.25) is 0 Å². The monoisotopic (exact) mass is 474 g/mol. The minimum atomic E-state index is -0.238. The van der Waals surface area contributed by atoms with Crippen LogP contribution in [0.15, 0.2) is 48.7 Å². The summed E-state index contributed by atoms with van der Waals surface area (Å²) in [5.74, 6) is 0.291. The molecule has 184 valence electrons. The van der Waals surface area contributed by atoms with Gasteiger partial charge in [0.1, 0.15) is 0 Å². The standard InChI is InChI=1S/C27H34N6O2/c1-19-10-7-13-23-25(19)33(27(29-23)30-26(35)22-12-8-15-28-20(22)2)21-11-5-6-17-32(18-21)24(34)14-9-16-31(3)4/h7-10,12-15,21H,5-6,11,16-18H2,1-4H3,(H,29,30,35). The maximum Gasteiger partial charge on any atom is 0.259 e. The van der Waals surface area contributed by atoms with Crippen molar-refractivity contribution < 1.29 is 9.59 Å². The highest BCUT2D eigenvalue weighted by molar-refractivity contribution is 6.05. The number of anilines is 1. The number of likely N-dealkylation sites (tertiary alicyclic amines) is 1. The molecule has 3 aromatic rings. The molecule has 8 nitrogen and oxygen atoms in total. The van der Waals surface area contributed by atoms with Crippen LogP contribution in [0.5, 0.6) is 0 Å². The molecule has 1 saturated heterocycles. The number of hydrogen-bond acceptors (Lipinski definition) is 5. The zero-order valence-electron chi connectivity index (χ0n) is 21.0. The van der Waals surface area contributed by atoms with Gasteiger partial charge >= 0.3 is 0 Å². The van der Waals surface area contributed by atoms with Crippen molar-refractivity contribution in [3.05, 3.63) is 65.5 Å². The van der Waals surface area contributed by atoms with E-state index in [2.05, 4.69) is 27.9 Å². The highest BCUT2D eigenvalue weighted by Gasteiger charge is 2.27. The Bertz CT molecular complexity index is 1250. The molecule has 0 spiro atoms. The summed E-state index contributed by atoms with van der Waals surface area (Å²) in [6, 6.07) is 9.52. The lowest BCUT2D eigenvalue weighted by Crippen LogP contribution is -2.35. The number of fused-ring (bicyclic) bond motifs is 1. The van der Waals surface area contributed by atoms with Crippen molar-refractivity contribution in [3.8, 4) is 0 Å². The summed E-state index contributed by atoms with van der Waals surface area (Å²) in [5.41, 5.74) is 4.09. The van der Waals surface area contributed by atoms with Crippen LogP contribution in [0.1, 0.15) is 46.9 Å². The van der Waals surface area contributed by atoms with E-state index in [0.29, 0.717) is 23.8 Å². The number of para-hydroxylation sites is 1. The number of imidazole rings is 1. The lowest BCUT2D eigenvalue weighted by atomic mass is 10.1. The number of carbonyl (C=O) groups excluding carboxylic acids is 2. The van der Waals surface area contributed by atoms with Crippen LogP contribution in [0.4, 0.5) is 5.95 Å². The van der Waals surface area contributed by atoms with Gasteiger partial charge in [-0.2, -0.15) is 0 Å². The molecule has 0 bridgehead atoms. The molecule has 0 radical (unpaired) electrons. The summed E-state index contributed by atoms with van der Waals surface area (Å²) in [4.78, 5) is 39.1. The molecular weight excluding hydrogens is 440 g/mol. The van der Waals surface area contributed by atoms with Crippen molar-refractivity contribution >= 4 is 28.8 Å². The number of pyridine rings is 1. The van der Waals surface area contributed by atoms with E-state index in [1.54, 1.807) is 24.4 Å². The van der Waals surface area contributed by atoms with Crippen LogP contribution in [0.25, 0.3) is 11.0 Å². The predicted molar refractivity (Wildman–Crippen MR) is 139 cm³/mol. The first-order valence-corrected chi connectivity index (χ1v) is 12.2. The first-order chi connectivity index (χ1) is 16.8. The van der Waals surface area contributed by atoms with Gasteiger partial charge in [0.15, 0.2) is 0 Å². The van der Waals surface area contributed by atoms with E-state index in [1.807, 2.05) is 49.0 Å². The average molecular weight is 475 g/mol. The van der Waals surface area contributed by atoms with Crippen LogP contribution in [-0.4, -0.2) is 69.9 Å². The van der Waals surface area contributed by atoms with Crippen LogP contribution < -0.4 is 5.32 Å². The Morgan fingerprint density at radius 1 is 1.17 bits per heavy atom. The number of aryl methyl sites for hydroxylation is 2. The molecule has 1 aliphatic rings. The molecule has 1 N–H and O–H groups in total. The molecule has 0 saturated carbocycles. The minimum absolute atomic E-state index is 0.0000871. The molecule has 1 aliphatic heterocycles. The van der Waals surface area contributed by atoms with Gasteiger partial charge < -0.3 is 14.4 Å². The fraction of sp³-hybridized carbons (Fsp3) is 0.407. The third-order valence-electron chi connectivity index (χ3n) is 6.44. The van der Waals surface area contributed by atoms with Crippen molar-refractivity contribution in [2.45, 2.75) is 39.2 Å². The number of carbonyl (C=O) groups is 2. The van der Waals surface area contributed by atoms with Gasteiger partial charge in [-0.25, -0.2) is 4.98 Å². The number of hydrogen-bond donors (Lipinski definition) is 1. The maximum atomic E-state index is 13.2. The van der Waals surface area contributed by atoms with Crippen LogP contribution in [0.3, 0.4) is 0 Å². The van der Waals surface area contributed by atoms with E-state index in [9.17, 15) is 9.59 Å². The van der Waals surface area contributed by atoms with E-state index < -0.39 is 0 Å². The summed E-state index contributed by atoms with van der Waals surface area (Å²) >= 11 is 0. The van der Waals surface area contributed by atoms with Crippen LogP contribution in [0, 0.1) is 13.8 Å². The molecule has 1 unspecified atom stereocenters. The lowest BCUT2D eigenvalue weighted by molar-refractivity contribution is -0.126. The number of amides is 2. The van der Waals surface area contributed by atoms with Crippen molar-refractivity contribution in [3.63, 3.8) is 0 Å². The zero-order chi connectivity index (χ0) is 24.9. The Labute approximate surface area is 206 Å². The quantitative estimate of drug-likeness (QED) is 0.547. The van der Waals surface area contributed by atoms with Crippen molar-refractivity contribution in [1.29, 1.82) is 0 Å². The highest BCUT2D eigenvalue weighted by atomic mass is 16.2. The minimum Gasteiger partial charge on any atom is -0.337 e. The second-order valence-electron chi connectivity index (χ2n) is 9.44. The molecule has 8 heteroatoms. The average Bonchev–Trinajstić information content (AvgIpc) is 3.01. The fourth-order valence-corrected chi connectivity index (χ4v) is 4.66. The molecule has 3 heterocycles. The SMILES string of the molecule is Cc1ncccc1C(=O)Nc1nc2cccc(C)c2n1C1CCCCN(C(=O)C=CCN(C)C)C1. The van der Waals surface area contributed by atoms with Crippen LogP contribution >= 0.6 is 0 Å². The Hall–Kier alpha value is -3.52. The Morgan fingerprint density at radius 3 is 2.77 bits per heavy atom. The number of nitrogens with one attached hydrogen (secondary N) is 1. The molecule has 2 amide bonds. The first kappa shape index (κ1) is 24.6. The Morgan fingerprint density at radius 2 is 2.00 bits per heavy atom. The first-order valence-electron chi connectivity index (χ1n) is 12.2. The molecular formula is C27H34N6O2. The molecule has 35 heavy (non-hydrogen) atoms. The topological polar surface area (TPSA) is 83.4 Å². The second-order valence-corrected chi connectivity index (χ2v) is 9.44. The molecule has 0 aliphatic carbocycles. The summed E-state index contributed by atoms with van der Waals surface area (Å²) in [7, 11) is 3.96. The van der Waals surface area contributed by atoms with Crippen molar-refractivity contribution in [1.82, 2.24) is 24.3 Å². The van der Waals surface area contributed by atoms with Crippen LogP contribution in [-0.2, 0) is 4.79 Å². The van der Waals surface area contributed by atoms with Gasteiger partial charge in [-0.1, -0.05) is 18.2 Å². The van der Waals surface area contributed by atoms with Crippen molar-refractivity contribution in [2.24, 2.45) is 0 Å². The second kappa shape index (κ2) is 10.8. The number of nitrogens with zero attached hydrogens (tertiary/aromatic N) is 5. The zero-order valence-corrected chi connectivity index (χ0v) is 21.0. The molecule has 1 aromatic carbocycles. The molecule has 2 aromatic heterocycles. The summed E-state index contributed by atoms with van der Waals surface area (Å²) in [6.07, 6.45) is 8.10. The number of likely N-dealkylation sites (N-methyl/N-ethyl adjacent to an activating group) is 1. The summed E-state index contributed by atoms with van der Waals surface area (Å²) in [6.45, 7) is 5.89. The van der Waals surface area contributed by atoms with Gasteiger partial charge in [0.05, 0.1) is 22.6 Å². The van der Waals surface area contributed by atoms with Gasteiger partial charge in [-0.3, -0.25) is 19.9 Å². The summed E-state index contributed by atoms with van der Waals surface area (Å²) in [5, 5.41) is 3.04. The van der Waals surface area contributed by atoms with E-state index in [0.717, 1.165) is 48.9 Å². The Kier molecular flexibility index (Phi) is 7.60. The lowest BCUT2D eigenvalue weighted by Gasteiger charge is -2.26.